The van der Waals surface area contributed by atoms with Crippen molar-refractivity contribution in [2.75, 3.05) is 34.4 Å². The Hall–Kier alpha value is -3.11. The predicted octanol–water partition coefficient (Wildman–Crippen LogP) is 2.57. The summed E-state index contributed by atoms with van der Waals surface area (Å²) in [7, 11) is 0.996. The molecule has 3 rings (SSSR count). The molecule has 0 radical (unpaired) electrons. The average molecular weight is 476 g/mol. The van der Waals surface area contributed by atoms with Crippen LogP contribution in [-0.4, -0.2) is 59.3 Å². The molecule has 1 heterocycles. The van der Waals surface area contributed by atoms with Gasteiger partial charge in [0.15, 0.2) is 11.5 Å². The molecule has 9 nitrogen and oxygen atoms in total. The summed E-state index contributed by atoms with van der Waals surface area (Å²) in [5, 5.41) is 4.04. The fourth-order valence-corrected chi connectivity index (χ4v) is 5.12. The Morgan fingerprint density at radius 3 is 2.12 bits per heavy atom. The van der Waals surface area contributed by atoms with Gasteiger partial charge in [-0.3, -0.25) is 4.79 Å². The first-order valence-corrected chi connectivity index (χ1v) is 11.9. The summed E-state index contributed by atoms with van der Waals surface area (Å²) in [5.74, 6) is 0.865. The van der Waals surface area contributed by atoms with Gasteiger partial charge in [0, 0.05) is 24.6 Å². The highest BCUT2D eigenvalue weighted by molar-refractivity contribution is 7.89. The lowest BCUT2D eigenvalue weighted by atomic mass is 9.98. The van der Waals surface area contributed by atoms with Crippen molar-refractivity contribution in [1.29, 1.82) is 0 Å². The van der Waals surface area contributed by atoms with Crippen LogP contribution in [0.4, 0.5) is 0 Å². The Morgan fingerprint density at radius 1 is 1.03 bits per heavy atom. The van der Waals surface area contributed by atoms with Gasteiger partial charge in [0.05, 0.1) is 32.4 Å². The summed E-state index contributed by atoms with van der Waals surface area (Å²) in [6.07, 6.45) is 2.34. The number of hydrazone groups is 1. The molecule has 1 aliphatic heterocycles. The van der Waals surface area contributed by atoms with Gasteiger partial charge in [-0.25, -0.2) is 13.8 Å². The highest BCUT2D eigenvalue weighted by atomic mass is 32.2. The van der Waals surface area contributed by atoms with Crippen LogP contribution >= 0.6 is 0 Å². The zero-order valence-corrected chi connectivity index (χ0v) is 20.0. The van der Waals surface area contributed by atoms with Gasteiger partial charge in [-0.15, -0.1) is 0 Å². The molecular formula is C23H29N3O6S. The number of aryl methyl sites for hydroxylation is 1. The van der Waals surface area contributed by atoms with E-state index >= 15 is 0 Å². The van der Waals surface area contributed by atoms with E-state index in [4.69, 9.17) is 14.2 Å². The van der Waals surface area contributed by atoms with Gasteiger partial charge in [0.2, 0.25) is 21.7 Å². The SMILES string of the molecule is COc1cc(/C=N\NC(=O)C2CCN(S(=O)(=O)c3ccc(C)cc3)CC2)cc(OC)c1OC. The summed E-state index contributed by atoms with van der Waals surface area (Å²) in [5.41, 5.74) is 4.20. The van der Waals surface area contributed by atoms with Crippen molar-refractivity contribution in [1.82, 2.24) is 9.73 Å². The number of hydrogen-bond donors (Lipinski definition) is 1. The summed E-state index contributed by atoms with van der Waals surface area (Å²) < 4.78 is 43.0. The van der Waals surface area contributed by atoms with E-state index in [1.165, 1.54) is 31.8 Å². The lowest BCUT2D eigenvalue weighted by molar-refractivity contribution is -0.126. The quantitative estimate of drug-likeness (QED) is 0.465. The molecule has 1 saturated heterocycles. The zero-order valence-electron chi connectivity index (χ0n) is 19.2. The highest BCUT2D eigenvalue weighted by Gasteiger charge is 2.32. The van der Waals surface area contributed by atoms with Gasteiger partial charge in [0.1, 0.15) is 0 Å². The largest absolute Gasteiger partial charge is 0.493 e. The van der Waals surface area contributed by atoms with E-state index < -0.39 is 10.0 Å². The van der Waals surface area contributed by atoms with Gasteiger partial charge >= 0.3 is 0 Å². The number of carbonyl (C=O) groups excluding carboxylic acids is 1. The first-order chi connectivity index (χ1) is 15.8. The number of carbonyl (C=O) groups is 1. The van der Waals surface area contributed by atoms with Gasteiger partial charge in [-0.1, -0.05) is 17.7 Å². The molecule has 0 atom stereocenters. The van der Waals surface area contributed by atoms with Crippen molar-refractivity contribution < 1.29 is 27.4 Å². The molecule has 0 unspecified atom stereocenters. The number of benzene rings is 2. The normalized spacial score (nSPS) is 15.4. The number of hydrogen-bond acceptors (Lipinski definition) is 7. The monoisotopic (exact) mass is 475 g/mol. The molecule has 0 saturated carbocycles. The number of nitrogens with zero attached hydrogens (tertiary/aromatic N) is 2. The minimum atomic E-state index is -3.56. The number of methoxy groups -OCH3 is 3. The fourth-order valence-electron chi connectivity index (χ4n) is 3.66. The van der Waals surface area contributed by atoms with E-state index in [1.54, 1.807) is 36.4 Å². The number of amides is 1. The molecule has 10 heteroatoms. The molecule has 2 aromatic carbocycles. The molecule has 1 amide bonds. The summed E-state index contributed by atoms with van der Waals surface area (Å²) >= 11 is 0. The van der Waals surface area contributed by atoms with Crippen LogP contribution in [0, 0.1) is 12.8 Å². The van der Waals surface area contributed by atoms with E-state index in [0.717, 1.165) is 5.56 Å². The maximum absolute atomic E-state index is 12.8. The Balaban J connectivity index is 1.58. The van der Waals surface area contributed by atoms with E-state index in [2.05, 4.69) is 10.5 Å². The number of rotatable bonds is 8. The lowest BCUT2D eigenvalue weighted by Gasteiger charge is -2.30. The van der Waals surface area contributed by atoms with Crippen LogP contribution in [0.2, 0.25) is 0 Å². The fraction of sp³-hybridized carbons (Fsp3) is 0.391. The van der Waals surface area contributed by atoms with Crippen molar-refractivity contribution in [3.63, 3.8) is 0 Å². The molecule has 1 fully saturated rings. The van der Waals surface area contributed by atoms with Crippen LogP contribution in [-0.2, 0) is 14.8 Å². The number of piperidine rings is 1. The van der Waals surface area contributed by atoms with Crippen LogP contribution in [0.25, 0.3) is 0 Å². The van der Waals surface area contributed by atoms with Gasteiger partial charge < -0.3 is 14.2 Å². The second kappa shape index (κ2) is 10.7. The minimum Gasteiger partial charge on any atom is -0.493 e. The van der Waals surface area contributed by atoms with Crippen LogP contribution in [0.5, 0.6) is 17.2 Å². The van der Waals surface area contributed by atoms with E-state index in [-0.39, 0.29) is 29.8 Å². The molecule has 0 aliphatic carbocycles. The van der Waals surface area contributed by atoms with Crippen molar-refractivity contribution in [3.05, 3.63) is 47.5 Å². The van der Waals surface area contributed by atoms with E-state index in [0.29, 0.717) is 35.7 Å². The Labute approximate surface area is 194 Å². The number of nitrogens with one attached hydrogen (secondary N) is 1. The van der Waals surface area contributed by atoms with Crippen molar-refractivity contribution in [3.8, 4) is 17.2 Å². The second-order valence-electron chi connectivity index (χ2n) is 7.68. The number of sulfonamides is 1. The third-order valence-electron chi connectivity index (χ3n) is 5.56. The molecule has 2 aromatic rings. The smallest absolute Gasteiger partial charge is 0.243 e. The highest BCUT2D eigenvalue weighted by Crippen LogP contribution is 2.37. The standard InChI is InChI=1S/C23H29N3O6S/c1-16-5-7-19(8-6-16)33(28,29)26-11-9-18(10-12-26)23(27)25-24-15-17-13-20(30-2)22(32-4)21(14-17)31-3/h5-8,13-15,18H,9-12H2,1-4H3,(H,25,27)/b24-15-. The maximum atomic E-state index is 12.8. The van der Waals surface area contributed by atoms with Crippen LogP contribution < -0.4 is 19.6 Å². The molecule has 33 heavy (non-hydrogen) atoms. The number of ether oxygens (including phenoxy) is 3. The Bertz CT molecular complexity index is 1080. The predicted molar refractivity (Wildman–Crippen MR) is 124 cm³/mol. The first-order valence-electron chi connectivity index (χ1n) is 10.5. The van der Waals surface area contributed by atoms with Gasteiger partial charge in [-0.05, 0) is 44.0 Å². The van der Waals surface area contributed by atoms with Gasteiger partial charge in [-0.2, -0.15) is 9.41 Å². The Morgan fingerprint density at radius 2 is 1.61 bits per heavy atom. The van der Waals surface area contributed by atoms with Crippen molar-refractivity contribution in [2.24, 2.45) is 11.0 Å². The van der Waals surface area contributed by atoms with Crippen molar-refractivity contribution >= 4 is 22.1 Å². The first kappa shape index (κ1) is 24.5. The van der Waals surface area contributed by atoms with Crippen LogP contribution in [0.1, 0.15) is 24.0 Å². The molecule has 1 aliphatic rings. The van der Waals surface area contributed by atoms with Crippen molar-refractivity contribution in [2.45, 2.75) is 24.7 Å². The lowest BCUT2D eigenvalue weighted by Crippen LogP contribution is -2.42. The topological polar surface area (TPSA) is 107 Å². The zero-order chi connectivity index (χ0) is 24.0. The molecule has 0 bridgehead atoms. The van der Waals surface area contributed by atoms with E-state index in [9.17, 15) is 13.2 Å². The molecule has 178 valence electrons. The third kappa shape index (κ3) is 5.63. The molecular weight excluding hydrogens is 446 g/mol. The summed E-state index contributed by atoms with van der Waals surface area (Å²) in [6, 6.07) is 10.2. The minimum absolute atomic E-state index is 0.244. The van der Waals surface area contributed by atoms with E-state index in [1.807, 2.05) is 6.92 Å². The second-order valence-corrected chi connectivity index (χ2v) is 9.62. The summed E-state index contributed by atoms with van der Waals surface area (Å²) in [6.45, 7) is 2.47. The van der Waals surface area contributed by atoms with Crippen LogP contribution in [0.3, 0.4) is 0 Å². The Kier molecular flexibility index (Phi) is 7.93. The summed E-state index contributed by atoms with van der Waals surface area (Å²) in [4.78, 5) is 12.8. The molecule has 0 spiro atoms. The van der Waals surface area contributed by atoms with Gasteiger partial charge in [0.25, 0.3) is 0 Å². The molecule has 1 N–H and O–H groups in total. The average Bonchev–Trinajstić information content (AvgIpc) is 2.83. The maximum Gasteiger partial charge on any atom is 0.243 e. The van der Waals surface area contributed by atoms with Crippen LogP contribution in [0.15, 0.2) is 46.4 Å². The third-order valence-corrected chi connectivity index (χ3v) is 7.47. The molecule has 0 aromatic heterocycles.